The lowest BCUT2D eigenvalue weighted by Crippen LogP contribution is -2.13. The van der Waals surface area contributed by atoms with Gasteiger partial charge in [0.2, 0.25) is 0 Å². The first-order valence-electron chi connectivity index (χ1n) is 6.16. The summed E-state index contributed by atoms with van der Waals surface area (Å²) >= 11 is 1.70. The molecule has 17 heavy (non-hydrogen) atoms. The number of thioether (sulfide) groups is 1. The summed E-state index contributed by atoms with van der Waals surface area (Å²) in [6.07, 6.45) is 1.12. The SMILES string of the molecule is CC(C)Cc1ccc(C(N)CSCCO)cc1. The molecular weight excluding hydrogens is 230 g/mol. The molecule has 3 heteroatoms. The molecule has 0 spiro atoms. The Kier molecular flexibility index (Phi) is 6.63. The lowest BCUT2D eigenvalue weighted by Gasteiger charge is -2.12. The second-order valence-corrected chi connectivity index (χ2v) is 5.89. The van der Waals surface area contributed by atoms with Crippen LogP contribution in [0.25, 0.3) is 0 Å². The molecule has 3 N–H and O–H groups in total. The molecule has 1 atom stereocenters. The Labute approximate surface area is 109 Å². The number of hydrogen-bond acceptors (Lipinski definition) is 3. The maximum atomic E-state index is 8.71. The van der Waals surface area contributed by atoms with Crippen LogP contribution in [0.5, 0.6) is 0 Å². The van der Waals surface area contributed by atoms with E-state index in [4.69, 9.17) is 10.8 Å². The van der Waals surface area contributed by atoms with Gasteiger partial charge in [-0.15, -0.1) is 0 Å². The molecule has 0 bridgehead atoms. The standard InChI is InChI=1S/C14H23NOS/c1-11(2)9-12-3-5-13(6-4-12)14(15)10-17-8-7-16/h3-6,11,14,16H,7-10,15H2,1-2H3. The molecule has 96 valence electrons. The van der Waals surface area contributed by atoms with Gasteiger partial charge in [-0.1, -0.05) is 38.1 Å². The van der Waals surface area contributed by atoms with Gasteiger partial charge in [0.25, 0.3) is 0 Å². The van der Waals surface area contributed by atoms with E-state index in [9.17, 15) is 0 Å². The number of aliphatic hydroxyl groups is 1. The minimum atomic E-state index is 0.0691. The molecule has 1 aromatic rings. The van der Waals surface area contributed by atoms with Crippen LogP contribution in [0.4, 0.5) is 0 Å². The van der Waals surface area contributed by atoms with Crippen LogP contribution in [0.1, 0.15) is 31.0 Å². The Hall–Kier alpha value is -0.510. The summed E-state index contributed by atoms with van der Waals surface area (Å²) in [5.74, 6) is 2.32. The minimum absolute atomic E-state index is 0.0691. The van der Waals surface area contributed by atoms with E-state index in [0.29, 0.717) is 5.92 Å². The fraction of sp³-hybridized carbons (Fsp3) is 0.571. The van der Waals surface area contributed by atoms with Crippen LogP contribution in [0.2, 0.25) is 0 Å². The number of hydrogen-bond donors (Lipinski definition) is 2. The van der Waals surface area contributed by atoms with Gasteiger partial charge in [0.05, 0.1) is 6.61 Å². The average Bonchev–Trinajstić information content (AvgIpc) is 2.29. The Bertz CT molecular complexity index is 311. The van der Waals surface area contributed by atoms with Crippen LogP contribution in [-0.2, 0) is 6.42 Å². The predicted molar refractivity (Wildman–Crippen MR) is 76.3 cm³/mol. The molecule has 1 rings (SSSR count). The molecule has 1 aromatic carbocycles. The molecule has 0 heterocycles. The van der Waals surface area contributed by atoms with Gasteiger partial charge in [-0.3, -0.25) is 0 Å². The second kappa shape index (κ2) is 7.75. The van der Waals surface area contributed by atoms with Crippen molar-refractivity contribution in [2.45, 2.75) is 26.3 Å². The molecule has 2 nitrogen and oxygen atoms in total. The molecule has 1 unspecified atom stereocenters. The maximum absolute atomic E-state index is 8.71. The Morgan fingerprint density at radius 2 is 1.88 bits per heavy atom. The summed E-state index contributed by atoms with van der Waals surface area (Å²) < 4.78 is 0. The summed E-state index contributed by atoms with van der Waals surface area (Å²) in [6.45, 7) is 4.68. The average molecular weight is 253 g/mol. The van der Waals surface area contributed by atoms with E-state index in [0.717, 1.165) is 17.9 Å². The molecule has 0 aliphatic carbocycles. The number of aliphatic hydroxyl groups excluding tert-OH is 1. The zero-order valence-corrected chi connectivity index (χ0v) is 11.5. The number of nitrogens with two attached hydrogens (primary N) is 1. The van der Waals surface area contributed by atoms with Crippen molar-refractivity contribution >= 4 is 11.8 Å². The summed E-state index contributed by atoms with van der Waals surface area (Å²) in [6, 6.07) is 8.67. The third-order valence-corrected chi connectivity index (χ3v) is 3.65. The van der Waals surface area contributed by atoms with E-state index in [-0.39, 0.29) is 12.6 Å². The van der Waals surface area contributed by atoms with Gasteiger partial charge in [-0.05, 0) is 23.5 Å². The van der Waals surface area contributed by atoms with E-state index < -0.39 is 0 Å². The van der Waals surface area contributed by atoms with E-state index in [1.165, 1.54) is 11.1 Å². The molecule has 0 aromatic heterocycles. The Balaban J connectivity index is 2.48. The van der Waals surface area contributed by atoms with E-state index in [2.05, 4.69) is 38.1 Å². The van der Waals surface area contributed by atoms with Crippen molar-refractivity contribution in [2.24, 2.45) is 11.7 Å². The molecule has 0 aliphatic heterocycles. The van der Waals surface area contributed by atoms with Crippen molar-refractivity contribution in [1.29, 1.82) is 0 Å². The van der Waals surface area contributed by atoms with Crippen molar-refractivity contribution < 1.29 is 5.11 Å². The van der Waals surface area contributed by atoms with Crippen LogP contribution in [0, 0.1) is 5.92 Å². The van der Waals surface area contributed by atoms with Gasteiger partial charge in [0.15, 0.2) is 0 Å². The highest BCUT2D eigenvalue weighted by atomic mass is 32.2. The van der Waals surface area contributed by atoms with Gasteiger partial charge in [0, 0.05) is 17.5 Å². The minimum Gasteiger partial charge on any atom is -0.396 e. The maximum Gasteiger partial charge on any atom is 0.0521 e. The monoisotopic (exact) mass is 253 g/mol. The number of rotatable bonds is 7. The zero-order chi connectivity index (χ0) is 12.7. The van der Waals surface area contributed by atoms with Gasteiger partial charge in [-0.25, -0.2) is 0 Å². The third kappa shape index (κ3) is 5.57. The van der Waals surface area contributed by atoms with E-state index >= 15 is 0 Å². The number of benzene rings is 1. The topological polar surface area (TPSA) is 46.2 Å². The first-order chi connectivity index (χ1) is 8.13. The highest BCUT2D eigenvalue weighted by molar-refractivity contribution is 7.99. The zero-order valence-electron chi connectivity index (χ0n) is 10.7. The van der Waals surface area contributed by atoms with Gasteiger partial charge >= 0.3 is 0 Å². The largest absolute Gasteiger partial charge is 0.396 e. The van der Waals surface area contributed by atoms with Crippen LogP contribution in [0.3, 0.4) is 0 Å². The molecule has 0 saturated heterocycles. The van der Waals surface area contributed by atoms with Crippen molar-refractivity contribution in [1.82, 2.24) is 0 Å². The first kappa shape index (κ1) is 14.6. The van der Waals surface area contributed by atoms with Crippen LogP contribution in [-0.4, -0.2) is 23.2 Å². The second-order valence-electron chi connectivity index (χ2n) is 4.74. The highest BCUT2D eigenvalue weighted by Crippen LogP contribution is 2.17. The van der Waals surface area contributed by atoms with Crippen molar-refractivity contribution in [2.75, 3.05) is 18.1 Å². The van der Waals surface area contributed by atoms with Crippen LogP contribution in [0.15, 0.2) is 24.3 Å². The lowest BCUT2D eigenvalue weighted by molar-refractivity contribution is 0.322. The van der Waals surface area contributed by atoms with Gasteiger partial charge < -0.3 is 10.8 Å². The fourth-order valence-corrected chi connectivity index (χ4v) is 2.49. The molecule has 0 amide bonds. The van der Waals surface area contributed by atoms with E-state index in [1.807, 2.05) is 0 Å². The quantitative estimate of drug-likeness (QED) is 0.734. The van der Waals surface area contributed by atoms with E-state index in [1.54, 1.807) is 11.8 Å². The van der Waals surface area contributed by atoms with Crippen LogP contribution >= 0.6 is 11.8 Å². The third-order valence-electron chi connectivity index (χ3n) is 2.58. The molecular formula is C14H23NOS. The Morgan fingerprint density at radius 1 is 1.24 bits per heavy atom. The first-order valence-corrected chi connectivity index (χ1v) is 7.32. The Morgan fingerprint density at radius 3 is 2.41 bits per heavy atom. The van der Waals surface area contributed by atoms with Crippen molar-refractivity contribution in [3.63, 3.8) is 0 Å². The van der Waals surface area contributed by atoms with Gasteiger partial charge in [0.1, 0.15) is 0 Å². The summed E-state index contributed by atoms with van der Waals surface area (Å²) in [5, 5.41) is 8.71. The fourth-order valence-electron chi connectivity index (χ4n) is 1.74. The molecule has 0 aliphatic rings. The van der Waals surface area contributed by atoms with Crippen LogP contribution < -0.4 is 5.73 Å². The van der Waals surface area contributed by atoms with Crippen molar-refractivity contribution in [3.8, 4) is 0 Å². The highest BCUT2D eigenvalue weighted by Gasteiger charge is 2.06. The summed E-state index contributed by atoms with van der Waals surface area (Å²) in [7, 11) is 0. The molecule has 0 saturated carbocycles. The van der Waals surface area contributed by atoms with Crippen molar-refractivity contribution in [3.05, 3.63) is 35.4 Å². The smallest absolute Gasteiger partial charge is 0.0521 e. The summed E-state index contributed by atoms with van der Waals surface area (Å²) in [5.41, 5.74) is 8.64. The molecule has 0 radical (unpaired) electrons. The van der Waals surface area contributed by atoms with Gasteiger partial charge in [-0.2, -0.15) is 11.8 Å². The predicted octanol–water partition coefficient (Wildman–Crippen LogP) is 2.61. The lowest BCUT2D eigenvalue weighted by atomic mass is 10.0. The molecule has 0 fully saturated rings. The summed E-state index contributed by atoms with van der Waals surface area (Å²) in [4.78, 5) is 0. The normalized spacial score (nSPS) is 13.0.